The first-order valence-corrected chi connectivity index (χ1v) is 7.52. The van der Waals surface area contributed by atoms with Crippen LogP contribution in [0.4, 0.5) is 0 Å². The Labute approximate surface area is 108 Å². The molecule has 17 heavy (non-hydrogen) atoms. The highest BCUT2D eigenvalue weighted by Crippen LogP contribution is 2.19. The van der Waals surface area contributed by atoms with Crippen LogP contribution in [-0.2, 0) is 13.1 Å². The maximum absolute atomic E-state index is 4.68. The Morgan fingerprint density at radius 1 is 1.47 bits per heavy atom. The summed E-state index contributed by atoms with van der Waals surface area (Å²) in [7, 11) is 0. The van der Waals surface area contributed by atoms with Gasteiger partial charge in [-0.3, -0.25) is 4.90 Å². The Hall–Kier alpha value is -0.450. The summed E-state index contributed by atoms with van der Waals surface area (Å²) in [6.45, 7) is 9.92. The lowest BCUT2D eigenvalue weighted by atomic mass is 9.99. The third kappa shape index (κ3) is 4.05. The topological polar surface area (TPSA) is 28.2 Å². The van der Waals surface area contributed by atoms with Crippen molar-refractivity contribution in [3.05, 3.63) is 16.1 Å². The number of hydrogen-bond acceptors (Lipinski definition) is 4. The largest absolute Gasteiger partial charge is 0.311 e. The fraction of sp³-hybridized carbons (Fsp3) is 0.769. The lowest BCUT2D eigenvalue weighted by Gasteiger charge is -2.29. The Morgan fingerprint density at radius 3 is 2.94 bits per heavy atom. The molecule has 1 aliphatic rings. The minimum atomic E-state index is 0.908. The van der Waals surface area contributed by atoms with Gasteiger partial charge in [0.05, 0.1) is 5.69 Å². The number of hydrogen-bond donors (Lipinski definition) is 1. The number of aromatic nitrogens is 1. The van der Waals surface area contributed by atoms with E-state index in [1.54, 1.807) is 11.3 Å². The summed E-state index contributed by atoms with van der Waals surface area (Å²) in [6, 6.07) is 0. The molecule has 0 bridgehead atoms. The van der Waals surface area contributed by atoms with Crippen molar-refractivity contribution >= 4 is 11.3 Å². The molecule has 4 heteroatoms. The molecule has 0 aliphatic carbocycles. The maximum Gasteiger partial charge on any atom is 0.107 e. The van der Waals surface area contributed by atoms with Gasteiger partial charge < -0.3 is 5.32 Å². The van der Waals surface area contributed by atoms with Crippen LogP contribution in [0, 0.1) is 5.92 Å². The Kier molecular flexibility index (Phi) is 4.95. The Morgan fingerprint density at radius 2 is 2.24 bits per heavy atom. The molecule has 2 heterocycles. The Bertz CT molecular complexity index is 329. The van der Waals surface area contributed by atoms with Crippen molar-refractivity contribution in [1.29, 1.82) is 0 Å². The SMILES string of the molecule is CCNCc1nc(CN2CCC(C)CC2)cs1. The van der Waals surface area contributed by atoms with E-state index in [-0.39, 0.29) is 0 Å². The molecule has 0 saturated carbocycles. The van der Waals surface area contributed by atoms with E-state index in [0.29, 0.717) is 0 Å². The molecule has 1 aromatic heterocycles. The van der Waals surface area contributed by atoms with Crippen LogP contribution in [0.15, 0.2) is 5.38 Å². The average molecular weight is 253 g/mol. The number of rotatable bonds is 5. The summed E-state index contributed by atoms with van der Waals surface area (Å²) >= 11 is 1.78. The van der Waals surface area contributed by atoms with Crippen LogP contribution < -0.4 is 5.32 Å². The maximum atomic E-state index is 4.68. The zero-order valence-corrected chi connectivity index (χ0v) is 11.7. The highest BCUT2D eigenvalue weighted by molar-refractivity contribution is 7.09. The quantitative estimate of drug-likeness (QED) is 0.874. The number of nitrogens with one attached hydrogen (secondary N) is 1. The molecule has 0 spiro atoms. The van der Waals surface area contributed by atoms with Crippen molar-refractivity contribution in [2.24, 2.45) is 5.92 Å². The summed E-state index contributed by atoms with van der Waals surface area (Å²) in [5.41, 5.74) is 1.25. The lowest BCUT2D eigenvalue weighted by molar-refractivity contribution is 0.183. The van der Waals surface area contributed by atoms with Gasteiger partial charge in [-0.1, -0.05) is 13.8 Å². The third-order valence-corrected chi connectivity index (χ3v) is 4.29. The fourth-order valence-electron chi connectivity index (χ4n) is 2.18. The van der Waals surface area contributed by atoms with Crippen molar-refractivity contribution in [1.82, 2.24) is 15.2 Å². The second kappa shape index (κ2) is 6.47. The number of nitrogens with zero attached hydrogens (tertiary/aromatic N) is 2. The Balaban J connectivity index is 1.80. The van der Waals surface area contributed by atoms with Gasteiger partial charge in [-0.05, 0) is 38.4 Å². The highest BCUT2D eigenvalue weighted by Gasteiger charge is 2.16. The first-order chi connectivity index (χ1) is 8.28. The van der Waals surface area contributed by atoms with Crippen LogP contribution >= 0.6 is 11.3 Å². The second-order valence-electron chi connectivity index (χ2n) is 4.97. The minimum Gasteiger partial charge on any atom is -0.311 e. The van der Waals surface area contributed by atoms with Gasteiger partial charge in [0.2, 0.25) is 0 Å². The van der Waals surface area contributed by atoms with Crippen molar-refractivity contribution in [3.8, 4) is 0 Å². The summed E-state index contributed by atoms with van der Waals surface area (Å²) in [6.07, 6.45) is 2.68. The smallest absolute Gasteiger partial charge is 0.107 e. The summed E-state index contributed by atoms with van der Waals surface area (Å²) < 4.78 is 0. The van der Waals surface area contributed by atoms with E-state index in [0.717, 1.165) is 25.6 Å². The van der Waals surface area contributed by atoms with Gasteiger partial charge in [-0.2, -0.15) is 0 Å². The van der Waals surface area contributed by atoms with E-state index in [2.05, 4.69) is 34.4 Å². The predicted octanol–water partition coefficient (Wildman–Crippen LogP) is 2.48. The van der Waals surface area contributed by atoms with E-state index in [1.165, 1.54) is 36.6 Å². The lowest BCUT2D eigenvalue weighted by Crippen LogP contribution is -2.32. The van der Waals surface area contributed by atoms with Crippen LogP contribution in [0.2, 0.25) is 0 Å². The zero-order chi connectivity index (χ0) is 12.1. The van der Waals surface area contributed by atoms with Gasteiger partial charge in [-0.25, -0.2) is 4.98 Å². The molecule has 3 nitrogen and oxygen atoms in total. The molecule has 1 aromatic rings. The molecule has 1 aliphatic heterocycles. The molecule has 0 aromatic carbocycles. The van der Waals surface area contributed by atoms with Crippen LogP contribution in [0.3, 0.4) is 0 Å². The van der Waals surface area contributed by atoms with Crippen molar-refractivity contribution in [3.63, 3.8) is 0 Å². The molecular formula is C13H23N3S. The van der Waals surface area contributed by atoms with Crippen molar-refractivity contribution in [2.75, 3.05) is 19.6 Å². The summed E-state index contributed by atoms with van der Waals surface area (Å²) in [4.78, 5) is 7.21. The van der Waals surface area contributed by atoms with E-state index in [9.17, 15) is 0 Å². The molecular weight excluding hydrogens is 230 g/mol. The molecule has 0 atom stereocenters. The first-order valence-electron chi connectivity index (χ1n) is 6.64. The van der Waals surface area contributed by atoms with Crippen LogP contribution in [0.5, 0.6) is 0 Å². The van der Waals surface area contributed by atoms with Gasteiger partial charge in [0.1, 0.15) is 5.01 Å². The third-order valence-electron chi connectivity index (χ3n) is 3.39. The first kappa shape index (κ1) is 13.0. The van der Waals surface area contributed by atoms with Crippen molar-refractivity contribution < 1.29 is 0 Å². The zero-order valence-electron chi connectivity index (χ0n) is 10.9. The normalized spacial score (nSPS) is 18.7. The van der Waals surface area contributed by atoms with Crippen LogP contribution in [-0.4, -0.2) is 29.5 Å². The highest BCUT2D eigenvalue weighted by atomic mass is 32.1. The monoisotopic (exact) mass is 253 g/mol. The average Bonchev–Trinajstić information content (AvgIpc) is 2.77. The molecule has 2 rings (SSSR count). The molecule has 0 unspecified atom stereocenters. The van der Waals surface area contributed by atoms with E-state index < -0.39 is 0 Å². The van der Waals surface area contributed by atoms with E-state index in [4.69, 9.17) is 0 Å². The molecule has 1 saturated heterocycles. The number of likely N-dealkylation sites (tertiary alicyclic amines) is 1. The van der Waals surface area contributed by atoms with Gasteiger partial charge in [0, 0.05) is 18.5 Å². The van der Waals surface area contributed by atoms with Gasteiger partial charge in [0.15, 0.2) is 0 Å². The van der Waals surface area contributed by atoms with Gasteiger partial charge in [0.25, 0.3) is 0 Å². The van der Waals surface area contributed by atoms with E-state index >= 15 is 0 Å². The minimum absolute atomic E-state index is 0.908. The predicted molar refractivity (Wildman–Crippen MR) is 73.2 cm³/mol. The molecule has 0 radical (unpaired) electrons. The van der Waals surface area contributed by atoms with Gasteiger partial charge in [-0.15, -0.1) is 11.3 Å². The van der Waals surface area contributed by atoms with Crippen LogP contribution in [0.25, 0.3) is 0 Å². The van der Waals surface area contributed by atoms with Crippen molar-refractivity contribution in [2.45, 2.75) is 39.8 Å². The van der Waals surface area contributed by atoms with E-state index in [1.807, 2.05) is 0 Å². The summed E-state index contributed by atoms with van der Waals surface area (Å²) in [5, 5.41) is 6.75. The number of thiazole rings is 1. The number of piperidine rings is 1. The molecule has 0 amide bonds. The molecule has 1 fully saturated rings. The summed E-state index contributed by atoms with van der Waals surface area (Å²) in [5.74, 6) is 0.908. The molecule has 1 N–H and O–H groups in total. The molecule has 96 valence electrons. The van der Waals surface area contributed by atoms with Crippen LogP contribution in [0.1, 0.15) is 37.4 Å². The second-order valence-corrected chi connectivity index (χ2v) is 5.91. The standard InChI is InChI=1S/C13H23N3S/c1-3-14-8-13-15-12(10-17-13)9-16-6-4-11(2)5-7-16/h10-11,14H,3-9H2,1-2H3. The van der Waals surface area contributed by atoms with Gasteiger partial charge >= 0.3 is 0 Å². The fourth-order valence-corrected chi connectivity index (χ4v) is 2.94.